The summed E-state index contributed by atoms with van der Waals surface area (Å²) >= 11 is 0. The number of hydrogen-bond acceptors (Lipinski definition) is 3. The standard InChI is InChI=1S/C14H21NO2/c1-2-5-12-6-3-4-7-13(12)15-8-14(9-16)10-17-11-14/h3-4,6-7,15-16H,2,5,8-11H2,1H3. The average molecular weight is 235 g/mol. The quantitative estimate of drug-likeness (QED) is 0.793. The van der Waals surface area contributed by atoms with Crippen LogP contribution >= 0.6 is 0 Å². The third kappa shape index (κ3) is 2.79. The van der Waals surface area contributed by atoms with Crippen molar-refractivity contribution in [2.24, 2.45) is 5.41 Å². The lowest BCUT2D eigenvalue weighted by molar-refractivity contribution is -0.128. The van der Waals surface area contributed by atoms with E-state index in [1.54, 1.807) is 0 Å². The zero-order valence-electron chi connectivity index (χ0n) is 10.4. The zero-order chi connectivity index (χ0) is 12.1. The second kappa shape index (κ2) is 5.52. The first-order valence-electron chi connectivity index (χ1n) is 6.30. The maximum absolute atomic E-state index is 9.37. The molecule has 0 aromatic heterocycles. The van der Waals surface area contributed by atoms with E-state index in [0.29, 0.717) is 13.2 Å². The Morgan fingerprint density at radius 3 is 2.71 bits per heavy atom. The molecule has 94 valence electrons. The molecule has 1 aromatic carbocycles. The Kier molecular flexibility index (Phi) is 4.02. The van der Waals surface area contributed by atoms with Gasteiger partial charge in [0.05, 0.1) is 25.2 Å². The molecular weight excluding hydrogens is 214 g/mol. The van der Waals surface area contributed by atoms with Crippen LogP contribution in [0.3, 0.4) is 0 Å². The molecular formula is C14H21NO2. The van der Waals surface area contributed by atoms with Crippen molar-refractivity contribution < 1.29 is 9.84 Å². The molecule has 0 atom stereocenters. The van der Waals surface area contributed by atoms with E-state index in [4.69, 9.17) is 4.74 Å². The van der Waals surface area contributed by atoms with Gasteiger partial charge in [0.1, 0.15) is 0 Å². The molecule has 0 saturated carbocycles. The molecule has 0 radical (unpaired) electrons. The predicted molar refractivity (Wildman–Crippen MR) is 69.3 cm³/mol. The van der Waals surface area contributed by atoms with E-state index in [-0.39, 0.29) is 12.0 Å². The molecule has 3 nitrogen and oxygen atoms in total. The number of para-hydroxylation sites is 1. The van der Waals surface area contributed by atoms with Gasteiger partial charge in [0.2, 0.25) is 0 Å². The summed E-state index contributed by atoms with van der Waals surface area (Å²) in [5.41, 5.74) is 2.47. The lowest BCUT2D eigenvalue weighted by Gasteiger charge is -2.40. The maximum Gasteiger partial charge on any atom is 0.0584 e. The molecule has 1 heterocycles. The van der Waals surface area contributed by atoms with Crippen LogP contribution in [0.1, 0.15) is 18.9 Å². The van der Waals surface area contributed by atoms with Crippen molar-refractivity contribution in [2.45, 2.75) is 19.8 Å². The Balaban J connectivity index is 1.98. The van der Waals surface area contributed by atoms with E-state index in [1.807, 2.05) is 6.07 Å². The van der Waals surface area contributed by atoms with E-state index in [0.717, 1.165) is 19.4 Å². The Morgan fingerprint density at radius 2 is 2.12 bits per heavy atom. The molecule has 1 aliphatic rings. The number of anilines is 1. The summed E-state index contributed by atoms with van der Waals surface area (Å²) in [7, 11) is 0. The van der Waals surface area contributed by atoms with Crippen LogP contribution in [0.2, 0.25) is 0 Å². The lowest BCUT2D eigenvalue weighted by Crippen LogP contribution is -2.50. The molecule has 0 bridgehead atoms. The number of nitrogens with one attached hydrogen (secondary N) is 1. The normalized spacial score (nSPS) is 17.5. The van der Waals surface area contributed by atoms with Crippen LogP contribution in [0.25, 0.3) is 0 Å². The van der Waals surface area contributed by atoms with Gasteiger partial charge in [0.25, 0.3) is 0 Å². The maximum atomic E-state index is 9.37. The smallest absolute Gasteiger partial charge is 0.0584 e. The summed E-state index contributed by atoms with van der Waals surface area (Å²) < 4.78 is 5.20. The summed E-state index contributed by atoms with van der Waals surface area (Å²) in [4.78, 5) is 0. The molecule has 2 rings (SSSR count). The van der Waals surface area contributed by atoms with E-state index in [9.17, 15) is 5.11 Å². The molecule has 0 amide bonds. The fraction of sp³-hybridized carbons (Fsp3) is 0.571. The largest absolute Gasteiger partial charge is 0.396 e. The first kappa shape index (κ1) is 12.4. The van der Waals surface area contributed by atoms with Gasteiger partial charge in [-0.2, -0.15) is 0 Å². The highest BCUT2D eigenvalue weighted by Crippen LogP contribution is 2.28. The third-order valence-electron chi connectivity index (χ3n) is 3.34. The highest BCUT2D eigenvalue weighted by atomic mass is 16.5. The minimum atomic E-state index is -0.0701. The zero-order valence-corrected chi connectivity index (χ0v) is 10.4. The van der Waals surface area contributed by atoms with Gasteiger partial charge in [-0.25, -0.2) is 0 Å². The van der Waals surface area contributed by atoms with Crippen LogP contribution in [0.5, 0.6) is 0 Å². The van der Waals surface area contributed by atoms with Crippen LogP contribution in [0.4, 0.5) is 5.69 Å². The second-order valence-corrected chi connectivity index (χ2v) is 4.91. The van der Waals surface area contributed by atoms with Crippen molar-refractivity contribution in [3.63, 3.8) is 0 Å². The molecule has 0 spiro atoms. The fourth-order valence-electron chi connectivity index (χ4n) is 2.10. The fourth-order valence-corrected chi connectivity index (χ4v) is 2.10. The Hall–Kier alpha value is -1.06. The lowest BCUT2D eigenvalue weighted by atomic mass is 9.87. The van der Waals surface area contributed by atoms with Crippen molar-refractivity contribution >= 4 is 5.69 Å². The Labute approximate surface area is 103 Å². The number of aliphatic hydroxyl groups is 1. The van der Waals surface area contributed by atoms with Crippen LogP contribution in [0.15, 0.2) is 24.3 Å². The molecule has 1 aliphatic heterocycles. The summed E-state index contributed by atoms with van der Waals surface area (Å²) in [5.74, 6) is 0. The number of ether oxygens (including phenoxy) is 1. The van der Waals surface area contributed by atoms with E-state index in [2.05, 4.69) is 30.4 Å². The molecule has 1 aromatic rings. The molecule has 0 aliphatic carbocycles. The van der Waals surface area contributed by atoms with E-state index >= 15 is 0 Å². The van der Waals surface area contributed by atoms with Gasteiger partial charge >= 0.3 is 0 Å². The van der Waals surface area contributed by atoms with Gasteiger partial charge in [-0.3, -0.25) is 0 Å². The van der Waals surface area contributed by atoms with Crippen molar-refractivity contribution in [1.82, 2.24) is 0 Å². The second-order valence-electron chi connectivity index (χ2n) is 4.91. The predicted octanol–water partition coefficient (Wildman–Crippen LogP) is 2.06. The molecule has 17 heavy (non-hydrogen) atoms. The minimum Gasteiger partial charge on any atom is -0.396 e. The average Bonchev–Trinajstić information content (AvgIpc) is 2.31. The molecule has 2 N–H and O–H groups in total. The minimum absolute atomic E-state index is 0.0701. The van der Waals surface area contributed by atoms with Gasteiger partial charge in [-0.15, -0.1) is 0 Å². The van der Waals surface area contributed by atoms with Crippen molar-refractivity contribution in [2.75, 3.05) is 31.7 Å². The molecule has 1 fully saturated rings. The topological polar surface area (TPSA) is 41.5 Å². The van der Waals surface area contributed by atoms with Crippen molar-refractivity contribution in [3.05, 3.63) is 29.8 Å². The van der Waals surface area contributed by atoms with Gasteiger partial charge < -0.3 is 15.2 Å². The summed E-state index contributed by atoms with van der Waals surface area (Å²) in [6, 6.07) is 8.39. The number of aryl methyl sites for hydroxylation is 1. The summed E-state index contributed by atoms with van der Waals surface area (Å²) in [5, 5.41) is 12.8. The number of rotatable bonds is 6. The van der Waals surface area contributed by atoms with Gasteiger partial charge in [-0.1, -0.05) is 31.5 Å². The van der Waals surface area contributed by atoms with Gasteiger partial charge in [0.15, 0.2) is 0 Å². The van der Waals surface area contributed by atoms with Crippen LogP contribution < -0.4 is 5.32 Å². The monoisotopic (exact) mass is 235 g/mol. The van der Waals surface area contributed by atoms with Crippen LogP contribution in [-0.4, -0.2) is 31.5 Å². The van der Waals surface area contributed by atoms with Crippen LogP contribution in [0, 0.1) is 5.41 Å². The Morgan fingerprint density at radius 1 is 1.35 bits per heavy atom. The molecule has 0 unspecified atom stereocenters. The van der Waals surface area contributed by atoms with E-state index in [1.165, 1.54) is 11.3 Å². The number of aliphatic hydroxyl groups excluding tert-OH is 1. The molecule has 1 saturated heterocycles. The summed E-state index contributed by atoms with van der Waals surface area (Å²) in [6.45, 7) is 4.48. The highest BCUT2D eigenvalue weighted by Gasteiger charge is 2.37. The number of hydrogen-bond donors (Lipinski definition) is 2. The third-order valence-corrected chi connectivity index (χ3v) is 3.34. The highest BCUT2D eigenvalue weighted by molar-refractivity contribution is 5.51. The first-order chi connectivity index (χ1) is 8.29. The van der Waals surface area contributed by atoms with Gasteiger partial charge in [-0.05, 0) is 18.1 Å². The number of benzene rings is 1. The summed E-state index contributed by atoms with van der Waals surface area (Å²) in [6.07, 6.45) is 2.23. The Bertz CT molecular complexity index is 355. The van der Waals surface area contributed by atoms with E-state index < -0.39 is 0 Å². The SMILES string of the molecule is CCCc1ccccc1NCC1(CO)COC1. The van der Waals surface area contributed by atoms with Crippen molar-refractivity contribution in [1.29, 1.82) is 0 Å². The van der Waals surface area contributed by atoms with Crippen molar-refractivity contribution in [3.8, 4) is 0 Å². The first-order valence-corrected chi connectivity index (χ1v) is 6.30. The van der Waals surface area contributed by atoms with Gasteiger partial charge in [0, 0.05) is 12.2 Å². The molecule has 3 heteroatoms. The van der Waals surface area contributed by atoms with Crippen LogP contribution in [-0.2, 0) is 11.2 Å².